The first kappa shape index (κ1) is 15.7. The van der Waals surface area contributed by atoms with E-state index in [9.17, 15) is 0 Å². The minimum atomic E-state index is 0.407. The molecule has 0 bridgehead atoms. The van der Waals surface area contributed by atoms with Gasteiger partial charge in [0.2, 0.25) is 0 Å². The molecule has 0 aromatic carbocycles. The molecule has 1 aliphatic carbocycles. The largest absolute Gasteiger partial charge is 0.381 e. The first-order valence-corrected chi connectivity index (χ1v) is 8.87. The Hall–Kier alpha value is -0.160. The second-order valence-corrected chi connectivity index (χ2v) is 7.45. The van der Waals surface area contributed by atoms with Gasteiger partial charge in [-0.2, -0.15) is 0 Å². The fourth-order valence-corrected chi connectivity index (χ4v) is 3.78. The summed E-state index contributed by atoms with van der Waals surface area (Å²) in [5, 5.41) is 3.76. The molecule has 0 radical (unpaired) electrons. The third-order valence-electron chi connectivity index (χ3n) is 5.29. The monoisotopic (exact) mass is 296 g/mol. The summed E-state index contributed by atoms with van der Waals surface area (Å²) in [6, 6.07) is 0.803. The lowest BCUT2D eigenvalue weighted by atomic mass is 9.79. The Morgan fingerprint density at radius 2 is 1.90 bits per heavy atom. The lowest BCUT2D eigenvalue weighted by molar-refractivity contribution is -0.0277. The highest BCUT2D eigenvalue weighted by molar-refractivity contribution is 4.91. The van der Waals surface area contributed by atoms with Crippen molar-refractivity contribution < 1.29 is 9.47 Å². The smallest absolute Gasteiger partial charge is 0.0701 e. The molecular formula is C17H32N2O2. The number of ether oxygens (including phenoxy) is 2. The molecule has 0 spiro atoms. The fourth-order valence-electron chi connectivity index (χ4n) is 3.78. The molecule has 3 rings (SSSR count). The van der Waals surface area contributed by atoms with Gasteiger partial charge in [-0.3, -0.25) is 0 Å². The van der Waals surface area contributed by atoms with Gasteiger partial charge in [-0.15, -0.1) is 0 Å². The van der Waals surface area contributed by atoms with E-state index < -0.39 is 0 Å². The normalized spacial score (nSPS) is 29.7. The Morgan fingerprint density at radius 3 is 2.57 bits per heavy atom. The molecule has 2 heterocycles. The summed E-state index contributed by atoms with van der Waals surface area (Å²) in [6.45, 7) is 6.25. The van der Waals surface area contributed by atoms with Gasteiger partial charge in [0, 0.05) is 45.5 Å². The van der Waals surface area contributed by atoms with Crippen molar-refractivity contribution in [3.05, 3.63) is 0 Å². The second-order valence-electron chi connectivity index (χ2n) is 7.45. The van der Waals surface area contributed by atoms with Crippen LogP contribution in [-0.2, 0) is 9.47 Å². The van der Waals surface area contributed by atoms with Crippen LogP contribution in [0.15, 0.2) is 0 Å². The summed E-state index contributed by atoms with van der Waals surface area (Å²) in [4.78, 5) is 2.51. The Balaban J connectivity index is 1.49. The summed E-state index contributed by atoms with van der Waals surface area (Å²) < 4.78 is 11.5. The quantitative estimate of drug-likeness (QED) is 0.779. The van der Waals surface area contributed by atoms with Crippen LogP contribution < -0.4 is 5.32 Å². The van der Waals surface area contributed by atoms with E-state index in [1.165, 1.54) is 51.5 Å². The number of hydrogen-bond acceptors (Lipinski definition) is 4. The van der Waals surface area contributed by atoms with Gasteiger partial charge in [0.05, 0.1) is 6.10 Å². The van der Waals surface area contributed by atoms with Gasteiger partial charge >= 0.3 is 0 Å². The lowest BCUT2D eigenvalue weighted by Gasteiger charge is -2.41. The maximum Gasteiger partial charge on any atom is 0.0701 e. The van der Waals surface area contributed by atoms with E-state index in [-0.39, 0.29) is 0 Å². The van der Waals surface area contributed by atoms with Gasteiger partial charge in [-0.05, 0) is 57.4 Å². The van der Waals surface area contributed by atoms with Crippen molar-refractivity contribution in [3.63, 3.8) is 0 Å². The highest BCUT2D eigenvalue weighted by Gasteiger charge is 2.35. The van der Waals surface area contributed by atoms with Crippen molar-refractivity contribution in [1.82, 2.24) is 10.2 Å². The minimum Gasteiger partial charge on any atom is -0.381 e. The van der Waals surface area contributed by atoms with Crippen molar-refractivity contribution >= 4 is 0 Å². The first-order chi connectivity index (χ1) is 10.3. The summed E-state index contributed by atoms with van der Waals surface area (Å²) in [5.41, 5.74) is 0.407. The molecule has 3 aliphatic rings. The predicted octanol–water partition coefficient (Wildman–Crippen LogP) is 2.04. The summed E-state index contributed by atoms with van der Waals surface area (Å²) in [7, 11) is 2.27. The topological polar surface area (TPSA) is 33.7 Å². The molecule has 1 saturated carbocycles. The van der Waals surface area contributed by atoms with E-state index in [1.807, 2.05) is 0 Å². The van der Waals surface area contributed by atoms with Crippen LogP contribution in [0.4, 0.5) is 0 Å². The molecule has 0 aromatic heterocycles. The molecule has 3 fully saturated rings. The van der Waals surface area contributed by atoms with Gasteiger partial charge in [-0.1, -0.05) is 0 Å². The van der Waals surface area contributed by atoms with Crippen LogP contribution in [-0.4, -0.2) is 63.5 Å². The van der Waals surface area contributed by atoms with Crippen LogP contribution in [0, 0.1) is 5.41 Å². The van der Waals surface area contributed by atoms with E-state index >= 15 is 0 Å². The number of nitrogens with one attached hydrogen (secondary N) is 1. The zero-order chi connectivity index (χ0) is 14.5. The Bertz CT molecular complexity index is 308. The van der Waals surface area contributed by atoms with Crippen LogP contribution in [0.5, 0.6) is 0 Å². The zero-order valence-corrected chi connectivity index (χ0v) is 13.6. The number of nitrogens with zero attached hydrogens (tertiary/aromatic N) is 1. The second kappa shape index (κ2) is 7.40. The fraction of sp³-hybridized carbons (Fsp3) is 1.00. The molecule has 21 heavy (non-hydrogen) atoms. The van der Waals surface area contributed by atoms with Crippen molar-refractivity contribution in [1.29, 1.82) is 0 Å². The van der Waals surface area contributed by atoms with Crippen LogP contribution in [0.2, 0.25) is 0 Å². The molecule has 4 nitrogen and oxygen atoms in total. The number of likely N-dealkylation sites (N-methyl/N-ethyl adjacent to an activating group) is 1. The van der Waals surface area contributed by atoms with E-state index in [0.29, 0.717) is 11.5 Å². The van der Waals surface area contributed by atoms with Gasteiger partial charge in [0.15, 0.2) is 0 Å². The van der Waals surface area contributed by atoms with Crippen molar-refractivity contribution in [2.24, 2.45) is 5.41 Å². The average Bonchev–Trinajstić information content (AvgIpc) is 3.31. The molecule has 122 valence electrons. The van der Waals surface area contributed by atoms with Crippen molar-refractivity contribution in [3.8, 4) is 0 Å². The molecule has 0 amide bonds. The number of rotatable bonds is 7. The molecule has 2 aliphatic heterocycles. The third-order valence-corrected chi connectivity index (χ3v) is 5.29. The van der Waals surface area contributed by atoms with Crippen LogP contribution in [0.3, 0.4) is 0 Å². The maximum absolute atomic E-state index is 5.90. The summed E-state index contributed by atoms with van der Waals surface area (Å²) >= 11 is 0. The summed E-state index contributed by atoms with van der Waals surface area (Å²) in [5.74, 6) is 0. The molecule has 1 N–H and O–H groups in total. The summed E-state index contributed by atoms with van der Waals surface area (Å²) in [6.07, 6.45) is 9.41. The van der Waals surface area contributed by atoms with Gasteiger partial charge in [0.1, 0.15) is 0 Å². The van der Waals surface area contributed by atoms with Gasteiger partial charge in [-0.25, -0.2) is 0 Å². The maximum atomic E-state index is 5.90. The van der Waals surface area contributed by atoms with Gasteiger partial charge in [0.25, 0.3) is 0 Å². The molecule has 0 aromatic rings. The van der Waals surface area contributed by atoms with E-state index in [0.717, 1.165) is 39.0 Å². The first-order valence-electron chi connectivity index (χ1n) is 8.87. The predicted molar refractivity (Wildman–Crippen MR) is 84.6 cm³/mol. The SMILES string of the molecule is CN(CC1CCCCO1)CC1(CNC2CC2)CCOCC1. The molecule has 4 heteroatoms. The van der Waals surface area contributed by atoms with E-state index in [2.05, 4.69) is 17.3 Å². The Kier molecular flexibility index (Phi) is 5.54. The van der Waals surface area contributed by atoms with Crippen LogP contribution >= 0.6 is 0 Å². The lowest BCUT2D eigenvalue weighted by Crippen LogP contribution is -2.48. The highest BCUT2D eigenvalue weighted by Crippen LogP contribution is 2.32. The minimum absolute atomic E-state index is 0.407. The van der Waals surface area contributed by atoms with Crippen LogP contribution in [0.1, 0.15) is 44.9 Å². The van der Waals surface area contributed by atoms with Gasteiger partial charge < -0.3 is 19.7 Å². The molecule has 2 saturated heterocycles. The zero-order valence-electron chi connectivity index (χ0n) is 13.6. The number of hydrogen-bond donors (Lipinski definition) is 1. The van der Waals surface area contributed by atoms with E-state index in [4.69, 9.17) is 9.47 Å². The standard InChI is InChI=1S/C17H32N2O2/c1-19(12-16-4-2-3-9-21-16)14-17(7-10-20-11-8-17)13-18-15-5-6-15/h15-16,18H,2-14H2,1H3. The Labute approximate surface area is 129 Å². The molecular weight excluding hydrogens is 264 g/mol. The van der Waals surface area contributed by atoms with E-state index in [1.54, 1.807) is 0 Å². The molecule has 1 unspecified atom stereocenters. The molecule has 1 atom stereocenters. The highest BCUT2D eigenvalue weighted by atomic mass is 16.5. The van der Waals surface area contributed by atoms with Crippen LogP contribution in [0.25, 0.3) is 0 Å². The average molecular weight is 296 g/mol. The van der Waals surface area contributed by atoms with Crippen molar-refractivity contribution in [2.45, 2.75) is 57.1 Å². The van der Waals surface area contributed by atoms with Crippen molar-refractivity contribution in [2.75, 3.05) is 46.5 Å². The Morgan fingerprint density at radius 1 is 1.10 bits per heavy atom. The third kappa shape index (κ3) is 4.92.